The Kier molecular flexibility index (Phi) is 15.6. The van der Waals surface area contributed by atoms with Crippen LogP contribution in [0.4, 0.5) is 0 Å². The van der Waals surface area contributed by atoms with Crippen LogP contribution in [0.5, 0.6) is 0 Å². The summed E-state index contributed by atoms with van der Waals surface area (Å²) in [6.45, 7) is 25.5. The monoisotopic (exact) mass is 702 g/mol. The van der Waals surface area contributed by atoms with E-state index in [2.05, 4.69) is 47.8 Å². The molecule has 2 aliphatic rings. The molecule has 2 saturated heterocycles. The van der Waals surface area contributed by atoms with Crippen molar-refractivity contribution in [3.8, 4) is 0 Å². The van der Waals surface area contributed by atoms with E-state index in [0.29, 0.717) is 43.1 Å². The molecule has 1 aromatic carbocycles. The quantitative estimate of drug-likeness (QED) is 0.0875. The molecule has 0 saturated carbocycles. The van der Waals surface area contributed by atoms with Gasteiger partial charge in [-0.1, -0.05) is 78.0 Å². The van der Waals surface area contributed by atoms with Crippen molar-refractivity contribution in [1.29, 1.82) is 0 Å². The van der Waals surface area contributed by atoms with Crippen molar-refractivity contribution in [2.75, 3.05) is 12.4 Å². The molecule has 278 valence electrons. The lowest BCUT2D eigenvalue weighted by atomic mass is 9.80. The van der Waals surface area contributed by atoms with Gasteiger partial charge in [0.1, 0.15) is 0 Å². The topological polar surface area (TPSA) is 99.1 Å². The lowest BCUT2D eigenvalue weighted by Crippen LogP contribution is -2.30. The zero-order valence-electron chi connectivity index (χ0n) is 31.7. The van der Waals surface area contributed by atoms with E-state index in [1.54, 1.807) is 24.3 Å². The second kappa shape index (κ2) is 18.5. The molecular formula is C41H66O7S. The number of sulfone groups is 1. The molecule has 0 spiro atoms. The summed E-state index contributed by atoms with van der Waals surface area (Å²) in [5.74, 6) is 0.648. The van der Waals surface area contributed by atoms with Crippen LogP contribution in [0.3, 0.4) is 0 Å². The standard InChI is InChI=1S/C41H66O7S/c1-11-27(2)22-38-32(7)36(26-49(44,45)35-17-13-12-14-18-35)39(48-38)25-29(4)31(6)28(3)23-33(42)19-20-37-30(5)24-34(47-37)16-15-21-46-40(43)41(8,9)10/h12-14,17-18,27-29,32-34,36-39,42H,5-6,11,15-16,19-26H2,1-4,7-10H3/t27-,28-,29-,32-,33?,34+,36-,37?,38?,39?/m1/s1. The molecule has 4 unspecified atom stereocenters. The van der Waals surface area contributed by atoms with Gasteiger partial charge in [-0.25, -0.2) is 8.42 Å². The smallest absolute Gasteiger partial charge is 0.311 e. The summed E-state index contributed by atoms with van der Waals surface area (Å²) < 4.78 is 45.3. The normalized spacial score (nSPS) is 27.1. The van der Waals surface area contributed by atoms with Crippen molar-refractivity contribution in [3.63, 3.8) is 0 Å². The van der Waals surface area contributed by atoms with Gasteiger partial charge in [-0.05, 0) is 114 Å². The molecule has 1 N–H and O–H groups in total. The molecule has 0 aromatic heterocycles. The second-order valence-corrected chi connectivity index (χ2v) is 18.3. The van der Waals surface area contributed by atoms with Crippen molar-refractivity contribution in [2.24, 2.45) is 35.0 Å². The molecule has 8 heteroatoms. The minimum Gasteiger partial charge on any atom is -0.465 e. The first-order valence-electron chi connectivity index (χ1n) is 18.7. The molecule has 2 heterocycles. The van der Waals surface area contributed by atoms with Gasteiger partial charge in [-0.2, -0.15) is 0 Å². The first kappa shape index (κ1) is 41.4. The Morgan fingerprint density at radius 2 is 1.71 bits per heavy atom. The first-order chi connectivity index (χ1) is 22.9. The number of esters is 1. The van der Waals surface area contributed by atoms with E-state index in [1.165, 1.54) is 0 Å². The molecule has 2 fully saturated rings. The highest BCUT2D eigenvalue weighted by molar-refractivity contribution is 7.91. The number of aliphatic hydroxyl groups is 1. The van der Waals surface area contributed by atoms with Crippen LogP contribution in [-0.4, -0.2) is 62.4 Å². The van der Waals surface area contributed by atoms with Gasteiger partial charge < -0.3 is 19.3 Å². The van der Waals surface area contributed by atoms with Gasteiger partial charge in [0.15, 0.2) is 9.84 Å². The second-order valence-electron chi connectivity index (χ2n) is 16.3. The fraction of sp³-hybridized carbons (Fsp3) is 0.732. The summed E-state index contributed by atoms with van der Waals surface area (Å²) in [7, 11) is -3.46. The lowest BCUT2D eigenvalue weighted by molar-refractivity contribution is -0.153. The van der Waals surface area contributed by atoms with Crippen LogP contribution in [0.1, 0.15) is 113 Å². The third-order valence-electron chi connectivity index (χ3n) is 11.0. The number of ether oxygens (including phenoxy) is 3. The Morgan fingerprint density at radius 1 is 1.04 bits per heavy atom. The number of carbonyl (C=O) groups excluding carboxylic acids is 1. The number of carbonyl (C=O) groups is 1. The molecule has 3 rings (SSSR count). The molecule has 0 aliphatic carbocycles. The van der Waals surface area contributed by atoms with Crippen LogP contribution in [0.15, 0.2) is 59.5 Å². The highest BCUT2D eigenvalue weighted by atomic mass is 32.2. The lowest BCUT2D eigenvalue weighted by Gasteiger charge is -2.28. The van der Waals surface area contributed by atoms with E-state index in [4.69, 9.17) is 14.2 Å². The maximum absolute atomic E-state index is 13.5. The third kappa shape index (κ3) is 12.3. The molecule has 0 bridgehead atoms. The third-order valence-corrected chi connectivity index (χ3v) is 12.8. The Bertz CT molecular complexity index is 1320. The van der Waals surface area contributed by atoms with Crippen molar-refractivity contribution < 1.29 is 32.5 Å². The van der Waals surface area contributed by atoms with E-state index >= 15 is 0 Å². The van der Waals surface area contributed by atoms with Crippen LogP contribution < -0.4 is 0 Å². The van der Waals surface area contributed by atoms with Gasteiger partial charge in [-0.3, -0.25) is 4.79 Å². The number of rotatable bonds is 19. The number of hydrogen-bond acceptors (Lipinski definition) is 7. The van der Waals surface area contributed by atoms with Gasteiger partial charge in [0.2, 0.25) is 0 Å². The maximum Gasteiger partial charge on any atom is 0.311 e. The highest BCUT2D eigenvalue weighted by Gasteiger charge is 2.44. The van der Waals surface area contributed by atoms with Crippen LogP contribution >= 0.6 is 0 Å². The summed E-state index contributed by atoms with van der Waals surface area (Å²) in [6.07, 6.45) is 6.38. The van der Waals surface area contributed by atoms with Crippen molar-refractivity contribution in [2.45, 2.75) is 149 Å². The van der Waals surface area contributed by atoms with Gasteiger partial charge in [-0.15, -0.1) is 0 Å². The van der Waals surface area contributed by atoms with E-state index in [-0.39, 0.29) is 59.8 Å². The van der Waals surface area contributed by atoms with Crippen molar-refractivity contribution in [3.05, 3.63) is 54.6 Å². The SMILES string of the molecule is C=C1C[C@H](CCCOC(=O)C(C)(C)C)OC1CCC(O)C[C@@H](C)C(=C)[C@H](C)CC1OC(C[C@H](C)CC)[C@H](C)[C@H]1CS(=O)(=O)c1ccccc1. The van der Waals surface area contributed by atoms with E-state index in [9.17, 15) is 18.3 Å². The Morgan fingerprint density at radius 3 is 2.35 bits per heavy atom. The van der Waals surface area contributed by atoms with Gasteiger partial charge in [0, 0.05) is 5.92 Å². The number of allylic oxidation sites excluding steroid dienone is 1. The molecule has 49 heavy (non-hydrogen) atoms. The minimum atomic E-state index is -3.46. The predicted octanol–water partition coefficient (Wildman–Crippen LogP) is 8.75. The van der Waals surface area contributed by atoms with E-state index in [0.717, 1.165) is 43.3 Å². The summed E-state index contributed by atoms with van der Waals surface area (Å²) in [6, 6.07) is 8.75. The largest absolute Gasteiger partial charge is 0.465 e. The highest BCUT2D eigenvalue weighted by Crippen LogP contribution is 2.42. The Hall–Kier alpha value is -2.00. The van der Waals surface area contributed by atoms with Gasteiger partial charge in [0.05, 0.1) is 53.2 Å². The molecule has 7 nitrogen and oxygen atoms in total. The molecule has 1 aromatic rings. The predicted molar refractivity (Wildman–Crippen MR) is 198 cm³/mol. The summed E-state index contributed by atoms with van der Waals surface area (Å²) >= 11 is 0. The van der Waals surface area contributed by atoms with Crippen LogP contribution in [0.2, 0.25) is 0 Å². The van der Waals surface area contributed by atoms with Gasteiger partial charge >= 0.3 is 5.97 Å². The van der Waals surface area contributed by atoms with Crippen LogP contribution in [0, 0.1) is 35.0 Å². The van der Waals surface area contributed by atoms with Crippen LogP contribution in [0.25, 0.3) is 0 Å². The molecule has 0 amide bonds. The van der Waals surface area contributed by atoms with Crippen molar-refractivity contribution >= 4 is 15.8 Å². The summed E-state index contributed by atoms with van der Waals surface area (Å²) in [5.41, 5.74) is 1.64. The Balaban J connectivity index is 1.50. The maximum atomic E-state index is 13.5. The summed E-state index contributed by atoms with van der Waals surface area (Å²) in [4.78, 5) is 12.4. The van der Waals surface area contributed by atoms with Crippen molar-refractivity contribution in [1.82, 2.24) is 0 Å². The summed E-state index contributed by atoms with van der Waals surface area (Å²) in [5, 5.41) is 11.0. The minimum absolute atomic E-state index is 0.0359. The fourth-order valence-corrected chi connectivity index (χ4v) is 9.09. The average molecular weight is 703 g/mol. The first-order valence-corrected chi connectivity index (χ1v) is 20.4. The zero-order valence-corrected chi connectivity index (χ0v) is 32.5. The molecular weight excluding hydrogens is 637 g/mol. The number of hydrogen-bond donors (Lipinski definition) is 1. The average Bonchev–Trinajstić information content (AvgIpc) is 3.54. The Labute approximate surface area is 298 Å². The molecule has 2 aliphatic heterocycles. The number of benzene rings is 1. The number of aliphatic hydroxyl groups excluding tert-OH is 1. The molecule has 0 radical (unpaired) electrons. The van der Waals surface area contributed by atoms with Crippen LogP contribution in [-0.2, 0) is 28.8 Å². The van der Waals surface area contributed by atoms with E-state index in [1.807, 2.05) is 26.8 Å². The molecule has 10 atom stereocenters. The zero-order chi connectivity index (χ0) is 36.5. The van der Waals surface area contributed by atoms with E-state index < -0.39 is 21.4 Å². The van der Waals surface area contributed by atoms with Gasteiger partial charge in [0.25, 0.3) is 0 Å². The fourth-order valence-electron chi connectivity index (χ4n) is 7.31.